The second kappa shape index (κ2) is 10.1. The summed E-state index contributed by atoms with van der Waals surface area (Å²) < 4.78 is 44.9. The number of carbonyl (C=O) groups excluding carboxylic acids is 2. The molecule has 1 fully saturated rings. The van der Waals surface area contributed by atoms with E-state index in [9.17, 15) is 22.8 Å². The lowest BCUT2D eigenvalue weighted by Crippen LogP contribution is -2.54. The van der Waals surface area contributed by atoms with Crippen molar-refractivity contribution in [2.75, 3.05) is 19.6 Å². The summed E-state index contributed by atoms with van der Waals surface area (Å²) in [5.41, 5.74) is -0.460. The number of nitrogens with zero attached hydrogens (tertiary/aromatic N) is 3. The Morgan fingerprint density at radius 1 is 1.06 bits per heavy atom. The minimum absolute atomic E-state index is 0.133. The van der Waals surface area contributed by atoms with Gasteiger partial charge >= 0.3 is 12.3 Å². The van der Waals surface area contributed by atoms with Crippen molar-refractivity contribution in [1.82, 2.24) is 14.8 Å². The largest absolute Gasteiger partial charge is 0.444 e. The van der Waals surface area contributed by atoms with Crippen molar-refractivity contribution in [3.05, 3.63) is 65.0 Å². The fraction of sp³-hybridized carbons (Fsp3) is 0.480. The molecule has 0 N–H and O–H groups in total. The van der Waals surface area contributed by atoms with Crippen LogP contribution in [0, 0.1) is 0 Å². The summed E-state index contributed by atoms with van der Waals surface area (Å²) >= 11 is 0. The molecule has 2 heterocycles. The van der Waals surface area contributed by atoms with Crippen LogP contribution in [-0.4, -0.2) is 57.9 Å². The predicted molar refractivity (Wildman–Crippen MR) is 121 cm³/mol. The van der Waals surface area contributed by atoms with Crippen LogP contribution in [0.4, 0.5) is 18.0 Å². The van der Waals surface area contributed by atoms with Gasteiger partial charge in [0.15, 0.2) is 11.5 Å². The molecule has 0 spiro atoms. The third-order valence-corrected chi connectivity index (χ3v) is 5.57. The summed E-state index contributed by atoms with van der Waals surface area (Å²) in [5.74, 6) is -0.625. The lowest BCUT2D eigenvalue weighted by atomic mass is 10.0. The Bertz CT molecular complexity index is 1020. The molecule has 0 unspecified atom stereocenters. The molecule has 184 valence electrons. The van der Waals surface area contributed by atoms with E-state index in [-0.39, 0.29) is 18.6 Å². The number of hydrogen-bond acceptors (Lipinski definition) is 5. The van der Waals surface area contributed by atoms with Gasteiger partial charge < -0.3 is 9.64 Å². The number of halogens is 3. The Labute approximate surface area is 197 Å². The first-order chi connectivity index (χ1) is 15.8. The number of rotatable bonds is 5. The van der Waals surface area contributed by atoms with Crippen LogP contribution in [-0.2, 0) is 23.9 Å². The number of ether oxygens (including phenoxy) is 1. The maximum absolute atomic E-state index is 13.1. The van der Waals surface area contributed by atoms with Gasteiger partial charge in [0.1, 0.15) is 5.60 Å². The molecule has 1 aliphatic heterocycles. The molecule has 1 aromatic carbocycles. The Kier molecular flexibility index (Phi) is 7.65. The van der Waals surface area contributed by atoms with Crippen molar-refractivity contribution in [3.63, 3.8) is 0 Å². The number of benzene rings is 1. The number of pyridine rings is 1. The van der Waals surface area contributed by atoms with Crippen molar-refractivity contribution < 1.29 is 27.5 Å². The highest BCUT2D eigenvalue weighted by molar-refractivity contribution is 5.98. The monoisotopic (exact) mass is 477 g/mol. The predicted octanol–water partition coefficient (Wildman–Crippen LogP) is 4.97. The van der Waals surface area contributed by atoms with Crippen LogP contribution in [0.5, 0.6) is 0 Å². The number of Topliss-reactive ketones (excluding diaryl/α,β-unsaturated/α-hetero) is 1. The highest BCUT2D eigenvalue weighted by Crippen LogP contribution is 2.30. The molecule has 1 atom stereocenters. The topological polar surface area (TPSA) is 62.7 Å². The minimum atomic E-state index is -4.68. The maximum atomic E-state index is 13.1. The highest BCUT2D eigenvalue weighted by Gasteiger charge is 2.36. The lowest BCUT2D eigenvalue weighted by Gasteiger charge is -2.40. The van der Waals surface area contributed by atoms with Gasteiger partial charge in [-0.2, -0.15) is 13.2 Å². The van der Waals surface area contributed by atoms with E-state index >= 15 is 0 Å². The second-order valence-corrected chi connectivity index (χ2v) is 9.56. The third kappa shape index (κ3) is 6.79. The van der Waals surface area contributed by atoms with Gasteiger partial charge in [-0.05, 0) is 51.0 Å². The lowest BCUT2D eigenvalue weighted by molar-refractivity contribution is -0.141. The summed E-state index contributed by atoms with van der Waals surface area (Å²) in [6.07, 6.45) is -4.10. The molecule has 3 rings (SSSR count). The number of piperazine rings is 1. The van der Waals surface area contributed by atoms with Crippen LogP contribution in [0.15, 0.2) is 42.6 Å². The van der Waals surface area contributed by atoms with Gasteiger partial charge in [0.25, 0.3) is 0 Å². The van der Waals surface area contributed by atoms with E-state index in [1.807, 2.05) is 32.9 Å². The molecule has 0 saturated carbocycles. The first kappa shape index (κ1) is 25.7. The van der Waals surface area contributed by atoms with Gasteiger partial charge in [-0.15, -0.1) is 0 Å². The number of ketones is 1. The van der Waals surface area contributed by atoms with E-state index in [0.717, 1.165) is 17.8 Å². The van der Waals surface area contributed by atoms with E-state index in [1.54, 1.807) is 17.0 Å². The maximum Gasteiger partial charge on any atom is 0.434 e. The average Bonchev–Trinajstić information content (AvgIpc) is 2.74. The van der Waals surface area contributed by atoms with Crippen molar-refractivity contribution in [3.8, 4) is 0 Å². The van der Waals surface area contributed by atoms with E-state index < -0.39 is 28.8 Å². The zero-order valence-electron chi connectivity index (χ0n) is 19.9. The number of aromatic nitrogens is 1. The number of carbonyl (C=O) groups is 2. The third-order valence-electron chi connectivity index (χ3n) is 5.57. The molecular weight excluding hydrogens is 447 g/mol. The summed E-state index contributed by atoms with van der Waals surface area (Å²) in [6.45, 7) is 10.1. The van der Waals surface area contributed by atoms with Crippen LogP contribution < -0.4 is 0 Å². The highest BCUT2D eigenvalue weighted by atomic mass is 19.4. The minimum Gasteiger partial charge on any atom is -0.444 e. The molecule has 9 heteroatoms. The van der Waals surface area contributed by atoms with Gasteiger partial charge in [-0.3, -0.25) is 14.7 Å². The van der Waals surface area contributed by atoms with Crippen LogP contribution in [0.3, 0.4) is 0 Å². The van der Waals surface area contributed by atoms with E-state index in [4.69, 9.17) is 4.74 Å². The molecule has 1 saturated heterocycles. The normalized spacial score (nSPS) is 17.5. The van der Waals surface area contributed by atoms with Gasteiger partial charge in [0.05, 0.1) is 0 Å². The van der Waals surface area contributed by atoms with E-state index in [0.29, 0.717) is 31.7 Å². The van der Waals surface area contributed by atoms with Crippen LogP contribution in [0.2, 0.25) is 0 Å². The first-order valence-electron chi connectivity index (χ1n) is 11.2. The molecule has 6 nitrogen and oxygen atoms in total. The van der Waals surface area contributed by atoms with Gasteiger partial charge in [-0.1, -0.05) is 24.3 Å². The second-order valence-electron chi connectivity index (χ2n) is 9.56. The van der Waals surface area contributed by atoms with Crippen LogP contribution in [0.1, 0.15) is 54.9 Å². The molecule has 0 bridgehead atoms. The molecule has 34 heavy (non-hydrogen) atoms. The fourth-order valence-corrected chi connectivity index (χ4v) is 3.86. The Morgan fingerprint density at radius 3 is 2.29 bits per heavy atom. The van der Waals surface area contributed by atoms with Crippen molar-refractivity contribution in [2.24, 2.45) is 0 Å². The SMILES string of the molecule is C[C@@H]1CN(C(=O)OC(C)(C)C)CCN1Cc1ccc(CC(=O)c2cccnc2C(F)(F)F)cc1. The van der Waals surface area contributed by atoms with Gasteiger partial charge in [-0.25, -0.2) is 4.79 Å². The number of hydrogen-bond donors (Lipinski definition) is 0. The van der Waals surface area contributed by atoms with Crippen LogP contribution >= 0.6 is 0 Å². The van der Waals surface area contributed by atoms with Gasteiger partial charge in [0, 0.05) is 50.4 Å². The Balaban J connectivity index is 1.58. The number of alkyl halides is 3. The van der Waals surface area contributed by atoms with E-state index in [2.05, 4.69) is 16.8 Å². The summed E-state index contributed by atoms with van der Waals surface area (Å²) in [7, 11) is 0. The standard InChI is InChI=1S/C25H30F3N3O3/c1-17-15-31(23(33)34-24(2,3)4)13-12-30(17)16-19-9-7-18(8-10-19)14-21(32)20-6-5-11-29-22(20)25(26,27)28/h5-11,17H,12-16H2,1-4H3/t17-/m1/s1. The molecule has 1 amide bonds. The Morgan fingerprint density at radius 2 is 1.71 bits per heavy atom. The summed E-state index contributed by atoms with van der Waals surface area (Å²) in [5, 5.41) is 0. The average molecular weight is 478 g/mol. The fourth-order valence-electron chi connectivity index (χ4n) is 3.86. The van der Waals surface area contributed by atoms with Crippen LogP contribution in [0.25, 0.3) is 0 Å². The first-order valence-corrected chi connectivity index (χ1v) is 11.2. The van der Waals surface area contributed by atoms with Crippen molar-refractivity contribution >= 4 is 11.9 Å². The van der Waals surface area contributed by atoms with E-state index in [1.165, 1.54) is 6.07 Å². The smallest absolute Gasteiger partial charge is 0.434 e. The molecule has 0 aliphatic carbocycles. The zero-order chi connectivity index (χ0) is 25.1. The Hall–Kier alpha value is -2.94. The summed E-state index contributed by atoms with van der Waals surface area (Å²) in [4.78, 5) is 32.1. The number of amides is 1. The quantitative estimate of drug-likeness (QED) is 0.570. The van der Waals surface area contributed by atoms with Crippen molar-refractivity contribution in [1.29, 1.82) is 0 Å². The molecule has 0 radical (unpaired) electrons. The summed E-state index contributed by atoms with van der Waals surface area (Å²) in [6, 6.07) is 9.90. The molecule has 1 aliphatic rings. The molecular formula is C25H30F3N3O3. The van der Waals surface area contributed by atoms with Gasteiger partial charge in [0.2, 0.25) is 0 Å². The molecule has 1 aromatic heterocycles. The zero-order valence-corrected chi connectivity index (χ0v) is 19.9. The molecule has 2 aromatic rings. The van der Waals surface area contributed by atoms with Crippen molar-refractivity contribution in [2.45, 2.75) is 58.5 Å².